The van der Waals surface area contributed by atoms with Crippen LogP contribution in [0.1, 0.15) is 18.5 Å². The molecular weight excluding hydrogens is 262 g/mol. The summed E-state index contributed by atoms with van der Waals surface area (Å²) in [4.78, 5) is 2.07. The molecule has 3 N–H and O–H groups in total. The van der Waals surface area contributed by atoms with E-state index < -0.39 is 0 Å². The molecule has 1 aliphatic heterocycles. The Kier molecular flexibility index (Phi) is 3.35. The highest BCUT2D eigenvalue weighted by Crippen LogP contribution is 2.34. The van der Waals surface area contributed by atoms with Gasteiger partial charge < -0.3 is 10.6 Å². The summed E-state index contributed by atoms with van der Waals surface area (Å²) in [5.74, 6) is 0. The van der Waals surface area contributed by atoms with Gasteiger partial charge in [0, 0.05) is 25.8 Å². The normalized spacial score (nSPS) is 14.2. The summed E-state index contributed by atoms with van der Waals surface area (Å²) >= 11 is 0. The average molecular weight is 282 g/mol. The van der Waals surface area contributed by atoms with E-state index in [2.05, 4.69) is 27.9 Å². The zero-order valence-corrected chi connectivity index (χ0v) is 12.5. The van der Waals surface area contributed by atoms with Crippen LogP contribution in [-0.4, -0.2) is 14.1 Å². The number of fused-ring (bicyclic) bond motifs is 1. The van der Waals surface area contributed by atoms with E-state index in [4.69, 9.17) is 5.73 Å². The van der Waals surface area contributed by atoms with E-state index >= 15 is 0 Å². The molecule has 1 aliphatic rings. The molecule has 0 saturated heterocycles. The summed E-state index contributed by atoms with van der Waals surface area (Å²) in [6.07, 6.45) is 0. The highest BCUT2D eigenvalue weighted by molar-refractivity contribution is 5.77. The molecule has 0 spiro atoms. The van der Waals surface area contributed by atoms with Crippen LogP contribution in [0.3, 0.4) is 0 Å². The van der Waals surface area contributed by atoms with Crippen LogP contribution >= 0.6 is 0 Å². The molecule has 2 aromatic carbocycles. The van der Waals surface area contributed by atoms with Crippen molar-refractivity contribution in [3.05, 3.63) is 48.0 Å². The van der Waals surface area contributed by atoms with Crippen LogP contribution < -0.4 is 26.6 Å². The van der Waals surface area contributed by atoms with Crippen LogP contribution in [-0.2, 0) is 0 Å². The van der Waals surface area contributed by atoms with Crippen LogP contribution in [0, 0.1) is 0 Å². The smallest absolute Gasteiger partial charge is 0.111 e. The van der Waals surface area contributed by atoms with Crippen LogP contribution in [0.15, 0.2) is 42.5 Å². The molecule has 0 bridgehead atoms. The number of nitrogens with zero attached hydrogens (tertiary/aromatic N) is 3. The summed E-state index contributed by atoms with van der Waals surface area (Å²) in [6, 6.07) is 14.3. The van der Waals surface area contributed by atoms with E-state index in [0.29, 0.717) is 0 Å². The van der Waals surface area contributed by atoms with E-state index in [9.17, 15) is 0 Å². The van der Waals surface area contributed by atoms with Gasteiger partial charge in [0.05, 0.1) is 11.4 Å². The number of hydrazine groups is 1. The van der Waals surface area contributed by atoms with Crippen molar-refractivity contribution in [3.63, 3.8) is 0 Å². The first-order valence-electron chi connectivity index (χ1n) is 7.00. The van der Waals surface area contributed by atoms with E-state index in [1.54, 1.807) is 5.12 Å². The topological polar surface area (TPSA) is 58.6 Å². The molecule has 5 nitrogen and oxygen atoms in total. The molecule has 5 heteroatoms. The third-order valence-electron chi connectivity index (χ3n) is 3.59. The van der Waals surface area contributed by atoms with Crippen molar-refractivity contribution >= 4 is 22.7 Å². The largest absolute Gasteiger partial charge is 0.378 e. The standard InChI is InChI=1S/C16H20N5/c1-11(17)12-4-6-13(7-5-12)21-18-15-9-8-14(20(2)3)10-16(15)19-21/h4-11,19H,17H2,1-3H3. The fraction of sp³-hybridized carbons (Fsp3) is 0.250. The zero-order chi connectivity index (χ0) is 15.0. The van der Waals surface area contributed by atoms with Crippen molar-refractivity contribution in [1.82, 2.24) is 5.43 Å². The van der Waals surface area contributed by atoms with Crippen LogP contribution in [0.5, 0.6) is 0 Å². The van der Waals surface area contributed by atoms with E-state index in [1.807, 2.05) is 51.4 Å². The van der Waals surface area contributed by atoms with Gasteiger partial charge in [-0.2, -0.15) is 10.5 Å². The maximum Gasteiger partial charge on any atom is 0.111 e. The first-order valence-corrected chi connectivity index (χ1v) is 7.00. The van der Waals surface area contributed by atoms with Gasteiger partial charge in [-0.05, 0) is 42.8 Å². The van der Waals surface area contributed by atoms with Crippen molar-refractivity contribution in [2.45, 2.75) is 13.0 Å². The Hall–Kier alpha value is -2.40. The summed E-state index contributed by atoms with van der Waals surface area (Å²) in [7, 11) is 4.05. The van der Waals surface area contributed by atoms with E-state index in [0.717, 1.165) is 28.3 Å². The summed E-state index contributed by atoms with van der Waals surface area (Å²) < 4.78 is 0. The molecule has 109 valence electrons. The number of hydrogen-bond donors (Lipinski definition) is 2. The third-order valence-corrected chi connectivity index (χ3v) is 3.59. The van der Waals surface area contributed by atoms with Crippen molar-refractivity contribution < 1.29 is 0 Å². The third kappa shape index (κ3) is 2.60. The fourth-order valence-electron chi connectivity index (χ4n) is 2.27. The van der Waals surface area contributed by atoms with Gasteiger partial charge in [-0.1, -0.05) is 12.1 Å². The Morgan fingerprint density at radius 1 is 1.14 bits per heavy atom. The van der Waals surface area contributed by atoms with Gasteiger partial charge in [0.15, 0.2) is 0 Å². The fourth-order valence-corrected chi connectivity index (χ4v) is 2.27. The Morgan fingerprint density at radius 3 is 2.48 bits per heavy atom. The lowest BCUT2D eigenvalue weighted by molar-refractivity contribution is 0.815. The van der Waals surface area contributed by atoms with Gasteiger partial charge >= 0.3 is 0 Å². The lowest BCUT2D eigenvalue weighted by Crippen LogP contribution is -2.28. The van der Waals surface area contributed by atoms with Gasteiger partial charge in [-0.15, -0.1) is 0 Å². The number of benzene rings is 2. The Balaban J connectivity index is 1.80. The molecule has 0 saturated carbocycles. The lowest BCUT2D eigenvalue weighted by Gasteiger charge is -2.17. The second-order valence-corrected chi connectivity index (χ2v) is 5.50. The first kappa shape index (κ1) is 13.6. The molecule has 0 fully saturated rings. The molecule has 1 radical (unpaired) electrons. The maximum atomic E-state index is 5.87. The van der Waals surface area contributed by atoms with Crippen molar-refractivity contribution in [3.8, 4) is 0 Å². The van der Waals surface area contributed by atoms with Crippen LogP contribution in [0.25, 0.3) is 0 Å². The predicted octanol–water partition coefficient (Wildman–Crippen LogP) is 2.77. The minimum absolute atomic E-state index is 0.0439. The second kappa shape index (κ2) is 5.18. The highest BCUT2D eigenvalue weighted by Gasteiger charge is 2.21. The van der Waals surface area contributed by atoms with Crippen molar-refractivity contribution in [1.29, 1.82) is 0 Å². The quantitative estimate of drug-likeness (QED) is 0.909. The van der Waals surface area contributed by atoms with E-state index in [-0.39, 0.29) is 6.04 Å². The number of nitrogens with two attached hydrogens (primary N) is 1. The van der Waals surface area contributed by atoms with Crippen molar-refractivity contribution in [2.75, 3.05) is 29.5 Å². The Labute approximate surface area is 125 Å². The molecule has 1 heterocycles. The van der Waals surface area contributed by atoms with Gasteiger partial charge in [-0.3, -0.25) is 5.43 Å². The van der Waals surface area contributed by atoms with Crippen LogP contribution in [0.2, 0.25) is 0 Å². The predicted molar refractivity (Wildman–Crippen MR) is 87.7 cm³/mol. The van der Waals surface area contributed by atoms with Crippen LogP contribution in [0.4, 0.5) is 22.7 Å². The zero-order valence-electron chi connectivity index (χ0n) is 12.5. The maximum absolute atomic E-state index is 5.87. The molecule has 1 atom stereocenters. The monoisotopic (exact) mass is 282 g/mol. The average Bonchev–Trinajstić information content (AvgIpc) is 2.90. The van der Waals surface area contributed by atoms with E-state index in [1.165, 1.54) is 0 Å². The Bertz CT molecular complexity index is 634. The second-order valence-electron chi connectivity index (χ2n) is 5.50. The highest BCUT2D eigenvalue weighted by atomic mass is 15.8. The molecular formula is C16H20N5. The molecule has 3 rings (SSSR count). The van der Waals surface area contributed by atoms with Gasteiger partial charge in [0.25, 0.3) is 0 Å². The SMILES string of the molecule is CC(N)c1ccc(N2[N]c3ccc(N(C)C)cc3N2)cc1. The van der Waals surface area contributed by atoms with Gasteiger partial charge in [-0.25, -0.2) is 0 Å². The minimum atomic E-state index is 0.0439. The lowest BCUT2D eigenvalue weighted by atomic mass is 10.1. The summed E-state index contributed by atoms with van der Waals surface area (Å²) in [5.41, 5.74) is 18.9. The number of hydrogen-bond acceptors (Lipinski definition) is 4. The molecule has 0 amide bonds. The molecule has 21 heavy (non-hydrogen) atoms. The molecule has 2 aromatic rings. The minimum Gasteiger partial charge on any atom is -0.378 e. The molecule has 0 aromatic heterocycles. The Morgan fingerprint density at radius 2 is 1.86 bits per heavy atom. The molecule has 1 unspecified atom stereocenters. The number of rotatable bonds is 3. The first-order chi connectivity index (χ1) is 10.0. The number of anilines is 3. The molecule has 0 aliphatic carbocycles. The van der Waals surface area contributed by atoms with Gasteiger partial charge in [0.2, 0.25) is 0 Å². The van der Waals surface area contributed by atoms with Crippen molar-refractivity contribution in [2.24, 2.45) is 5.73 Å². The number of nitrogens with one attached hydrogen (secondary N) is 1. The van der Waals surface area contributed by atoms with Gasteiger partial charge in [0.1, 0.15) is 5.69 Å². The summed E-state index contributed by atoms with van der Waals surface area (Å²) in [5, 5.41) is 1.79. The summed E-state index contributed by atoms with van der Waals surface area (Å²) in [6.45, 7) is 1.98.